The molecule has 0 aliphatic carbocycles. The van der Waals surface area contributed by atoms with E-state index >= 15 is 0 Å². The van der Waals surface area contributed by atoms with Gasteiger partial charge in [-0.3, -0.25) is 14.4 Å². The molecular weight excluding hydrogens is 745 g/mol. The Morgan fingerprint density at radius 3 is 0.983 bits per heavy atom. The van der Waals surface area contributed by atoms with Gasteiger partial charge in [-0.25, -0.2) is 0 Å². The quantitative estimate of drug-likeness (QED) is 0.0263. The molecule has 1 atom stereocenters. The molecule has 0 aromatic rings. The van der Waals surface area contributed by atoms with Crippen molar-refractivity contribution >= 4 is 17.9 Å². The molecule has 0 saturated heterocycles. The van der Waals surface area contributed by atoms with E-state index < -0.39 is 6.10 Å². The molecule has 6 nitrogen and oxygen atoms in total. The first-order chi connectivity index (χ1) is 29.5. The van der Waals surface area contributed by atoms with Crippen LogP contribution in [-0.2, 0) is 28.6 Å². The van der Waals surface area contributed by atoms with Crippen molar-refractivity contribution < 1.29 is 28.6 Å². The molecule has 6 heteroatoms. The van der Waals surface area contributed by atoms with Crippen molar-refractivity contribution in [3.63, 3.8) is 0 Å². The second-order valence-electron chi connectivity index (χ2n) is 16.4. The number of esters is 3. The first-order valence-corrected chi connectivity index (χ1v) is 24.9. The van der Waals surface area contributed by atoms with E-state index in [1.165, 1.54) is 44.9 Å². The van der Waals surface area contributed by atoms with Gasteiger partial charge in [-0.1, -0.05) is 184 Å². The maximum atomic E-state index is 12.8. The average molecular weight is 837 g/mol. The zero-order chi connectivity index (χ0) is 43.7. The Hall–Kier alpha value is -3.15. The summed E-state index contributed by atoms with van der Waals surface area (Å²) < 4.78 is 16.7. The third-order valence-corrected chi connectivity index (χ3v) is 10.4. The van der Waals surface area contributed by atoms with Crippen molar-refractivity contribution in [3.8, 4) is 0 Å². The Bertz CT molecular complexity index is 1140. The number of unbranched alkanes of at least 4 members (excludes halogenated alkanes) is 21. The van der Waals surface area contributed by atoms with Gasteiger partial charge in [0, 0.05) is 19.3 Å². The molecule has 0 bridgehead atoms. The molecule has 0 aliphatic heterocycles. The third kappa shape index (κ3) is 45.9. The van der Waals surface area contributed by atoms with Gasteiger partial charge in [0.25, 0.3) is 0 Å². The molecule has 0 aromatic carbocycles. The van der Waals surface area contributed by atoms with Gasteiger partial charge in [0.05, 0.1) is 0 Å². The van der Waals surface area contributed by atoms with Crippen molar-refractivity contribution in [2.45, 2.75) is 239 Å². The van der Waals surface area contributed by atoms with E-state index in [4.69, 9.17) is 14.2 Å². The largest absolute Gasteiger partial charge is 0.462 e. The number of carbonyl (C=O) groups excluding carboxylic acids is 3. The van der Waals surface area contributed by atoms with Gasteiger partial charge < -0.3 is 14.2 Å². The summed E-state index contributed by atoms with van der Waals surface area (Å²) in [5.74, 6) is -0.936. The zero-order valence-corrected chi connectivity index (χ0v) is 39.2. The van der Waals surface area contributed by atoms with Crippen LogP contribution in [-0.4, -0.2) is 37.2 Å². The van der Waals surface area contributed by atoms with Gasteiger partial charge in [0.1, 0.15) is 13.2 Å². The lowest BCUT2D eigenvalue weighted by Gasteiger charge is -2.18. The Balaban J connectivity index is 4.44. The van der Waals surface area contributed by atoms with Crippen molar-refractivity contribution in [1.82, 2.24) is 0 Å². The topological polar surface area (TPSA) is 78.9 Å². The first kappa shape index (κ1) is 56.9. The first-order valence-electron chi connectivity index (χ1n) is 24.9. The van der Waals surface area contributed by atoms with Crippen LogP contribution in [0, 0.1) is 0 Å². The van der Waals surface area contributed by atoms with Crippen molar-refractivity contribution in [2.75, 3.05) is 13.2 Å². The fourth-order valence-electron chi connectivity index (χ4n) is 6.61. The maximum absolute atomic E-state index is 12.8. The molecule has 0 spiro atoms. The minimum absolute atomic E-state index is 0.0936. The van der Waals surface area contributed by atoms with E-state index in [-0.39, 0.29) is 31.1 Å². The minimum Gasteiger partial charge on any atom is -0.462 e. The van der Waals surface area contributed by atoms with Gasteiger partial charge in [0.15, 0.2) is 6.10 Å². The molecule has 0 aliphatic rings. The molecule has 0 amide bonds. The Kier molecular flexibility index (Phi) is 46.0. The predicted molar refractivity (Wildman–Crippen MR) is 256 cm³/mol. The van der Waals surface area contributed by atoms with Crippen LogP contribution in [0.4, 0.5) is 0 Å². The highest BCUT2D eigenvalue weighted by Gasteiger charge is 2.19. The zero-order valence-electron chi connectivity index (χ0n) is 39.2. The van der Waals surface area contributed by atoms with Crippen LogP contribution in [0.25, 0.3) is 0 Å². The normalized spacial score (nSPS) is 12.7. The van der Waals surface area contributed by atoms with Crippen LogP contribution in [0.5, 0.6) is 0 Å². The monoisotopic (exact) mass is 837 g/mol. The van der Waals surface area contributed by atoms with Crippen molar-refractivity contribution in [1.29, 1.82) is 0 Å². The van der Waals surface area contributed by atoms with Crippen molar-refractivity contribution in [3.05, 3.63) is 72.9 Å². The second kappa shape index (κ2) is 48.5. The molecule has 0 saturated carbocycles. The highest BCUT2D eigenvalue weighted by atomic mass is 16.6. The highest BCUT2D eigenvalue weighted by molar-refractivity contribution is 5.71. The van der Waals surface area contributed by atoms with E-state index in [0.29, 0.717) is 19.3 Å². The summed E-state index contributed by atoms with van der Waals surface area (Å²) in [5.41, 5.74) is 0. The van der Waals surface area contributed by atoms with Gasteiger partial charge in [-0.05, 0) is 103 Å². The number of carbonyl (C=O) groups is 3. The SMILES string of the molecule is CCC/C=C\C/C=C\CCCCCCCC(=O)OCC(COC(=O)CCCCCCC/C=C\C/C=C\CCCCCC)OC(=O)CCCCCCC/C=C\C/C=C\CCC. The van der Waals surface area contributed by atoms with Crippen LogP contribution in [0.15, 0.2) is 72.9 Å². The molecule has 0 radical (unpaired) electrons. The molecule has 1 unspecified atom stereocenters. The van der Waals surface area contributed by atoms with Crippen LogP contribution in [0.1, 0.15) is 233 Å². The highest BCUT2D eigenvalue weighted by Crippen LogP contribution is 2.13. The summed E-state index contributed by atoms with van der Waals surface area (Å²) in [5, 5.41) is 0. The van der Waals surface area contributed by atoms with Crippen LogP contribution < -0.4 is 0 Å². The van der Waals surface area contributed by atoms with Gasteiger partial charge >= 0.3 is 17.9 Å². The van der Waals surface area contributed by atoms with Crippen LogP contribution in [0.2, 0.25) is 0 Å². The molecule has 0 heterocycles. The summed E-state index contributed by atoms with van der Waals surface area (Å²) in [4.78, 5) is 37.9. The van der Waals surface area contributed by atoms with E-state index in [0.717, 1.165) is 148 Å². The van der Waals surface area contributed by atoms with Crippen LogP contribution >= 0.6 is 0 Å². The lowest BCUT2D eigenvalue weighted by molar-refractivity contribution is -0.167. The van der Waals surface area contributed by atoms with Crippen LogP contribution in [0.3, 0.4) is 0 Å². The fraction of sp³-hybridized carbons (Fsp3) is 0.722. The fourth-order valence-corrected chi connectivity index (χ4v) is 6.61. The van der Waals surface area contributed by atoms with Gasteiger partial charge in [0.2, 0.25) is 0 Å². The van der Waals surface area contributed by atoms with Crippen molar-refractivity contribution in [2.24, 2.45) is 0 Å². The second-order valence-corrected chi connectivity index (χ2v) is 16.4. The molecular formula is C54H92O6. The summed E-state index contributed by atoms with van der Waals surface area (Å²) >= 11 is 0. The maximum Gasteiger partial charge on any atom is 0.306 e. The van der Waals surface area contributed by atoms with E-state index in [9.17, 15) is 14.4 Å². The predicted octanol–water partition coefficient (Wildman–Crippen LogP) is 16.3. The molecule has 0 rings (SSSR count). The van der Waals surface area contributed by atoms with E-state index in [2.05, 4.69) is 93.7 Å². The van der Waals surface area contributed by atoms with E-state index in [1.54, 1.807) is 0 Å². The lowest BCUT2D eigenvalue weighted by Crippen LogP contribution is -2.30. The molecule has 0 fully saturated rings. The summed E-state index contributed by atoms with van der Waals surface area (Å²) in [6.45, 7) is 6.45. The Morgan fingerprint density at radius 1 is 0.333 bits per heavy atom. The third-order valence-electron chi connectivity index (χ3n) is 10.4. The summed E-state index contributed by atoms with van der Waals surface area (Å²) in [6, 6.07) is 0. The number of allylic oxidation sites excluding steroid dienone is 12. The Labute approximate surface area is 370 Å². The molecule has 344 valence electrons. The summed E-state index contributed by atoms with van der Waals surface area (Å²) in [6.07, 6.45) is 60.2. The number of rotatable bonds is 44. The summed E-state index contributed by atoms with van der Waals surface area (Å²) in [7, 11) is 0. The average Bonchev–Trinajstić information content (AvgIpc) is 3.24. The molecule has 60 heavy (non-hydrogen) atoms. The number of hydrogen-bond acceptors (Lipinski definition) is 6. The van der Waals surface area contributed by atoms with E-state index in [1.807, 2.05) is 0 Å². The lowest BCUT2D eigenvalue weighted by atomic mass is 10.1. The van der Waals surface area contributed by atoms with Gasteiger partial charge in [-0.15, -0.1) is 0 Å². The minimum atomic E-state index is -0.793. The number of hydrogen-bond donors (Lipinski definition) is 0. The standard InChI is InChI=1S/C54H92O6/c1-4-7-10-13-16-19-22-25-26-27-30-32-35-38-41-44-47-53(56)59-50-51(60-54(57)48-45-42-39-36-33-29-24-21-18-15-12-9-6-3)49-58-52(55)46-43-40-37-34-31-28-23-20-17-14-11-8-5-2/h11-12,14-15,19-24,26-27,51H,4-10,13,16-18,25,28-50H2,1-3H3/b14-11-,15-12-,22-19-,23-20-,24-21-,27-26-. The molecule has 0 aromatic heterocycles. The Morgan fingerprint density at radius 2 is 0.633 bits per heavy atom. The smallest absolute Gasteiger partial charge is 0.306 e. The number of ether oxygens (including phenoxy) is 3. The molecule has 0 N–H and O–H groups in total. The van der Waals surface area contributed by atoms with Gasteiger partial charge in [-0.2, -0.15) is 0 Å².